The van der Waals surface area contributed by atoms with Gasteiger partial charge in [0, 0.05) is 28.9 Å². The normalized spacial score (nSPS) is 11.5. The van der Waals surface area contributed by atoms with E-state index in [0.29, 0.717) is 22.2 Å². The van der Waals surface area contributed by atoms with E-state index >= 15 is 0 Å². The molecule has 0 N–H and O–H groups in total. The van der Waals surface area contributed by atoms with E-state index in [9.17, 15) is 13.2 Å². The molecule has 3 aromatic carbocycles. The molecule has 0 unspecified atom stereocenters. The number of methoxy groups -OCH3 is 1. The maximum absolute atomic E-state index is 13.6. The van der Waals surface area contributed by atoms with Crippen molar-refractivity contribution in [1.29, 1.82) is 0 Å². The van der Waals surface area contributed by atoms with Crippen LogP contribution in [0, 0.1) is 6.92 Å². The summed E-state index contributed by atoms with van der Waals surface area (Å²) in [4.78, 5) is 16.6. The summed E-state index contributed by atoms with van der Waals surface area (Å²) in [6.07, 6.45) is 3.28. The molecule has 5 rings (SSSR count). The molecule has 0 amide bonds. The predicted molar refractivity (Wildman–Crippen MR) is 136 cm³/mol. The van der Waals surface area contributed by atoms with Gasteiger partial charge in [-0.1, -0.05) is 60.2 Å². The Morgan fingerprint density at radius 1 is 0.857 bits per heavy atom. The van der Waals surface area contributed by atoms with Crippen LogP contribution < -0.4 is 0 Å². The van der Waals surface area contributed by atoms with Crippen LogP contribution in [0.25, 0.3) is 33.3 Å². The topological polar surface area (TPSA) is 78.3 Å². The maximum Gasteiger partial charge on any atom is 0.337 e. The summed E-state index contributed by atoms with van der Waals surface area (Å²) in [7, 11) is -2.56. The number of nitrogens with zero attached hydrogens (tertiary/aromatic N) is 2. The quantitative estimate of drug-likeness (QED) is 0.300. The van der Waals surface area contributed by atoms with Crippen LogP contribution in [-0.4, -0.2) is 30.5 Å². The number of rotatable bonds is 5. The Bertz CT molecular complexity index is 1640. The second kappa shape index (κ2) is 8.85. The summed E-state index contributed by atoms with van der Waals surface area (Å²) in [5.41, 5.74) is 5.01. The third kappa shape index (κ3) is 4.11. The number of fused-ring (bicyclic) bond motifs is 1. The standard InChI is InChI=1S/C28H22N2O4S/c1-19-8-14-24(15-9-19)35(32,33)30-18-26(21-10-12-22(13-11-21)28(31)34-2)25-16-23(17-29-27(25)30)20-6-4-3-5-7-20/h3-18H,1-2H3. The monoisotopic (exact) mass is 482 g/mol. The van der Waals surface area contributed by atoms with Crippen LogP contribution in [0.3, 0.4) is 0 Å². The van der Waals surface area contributed by atoms with Crippen molar-refractivity contribution in [3.05, 3.63) is 108 Å². The fourth-order valence-electron chi connectivity index (χ4n) is 4.01. The molecule has 0 saturated carbocycles. The van der Waals surface area contributed by atoms with E-state index < -0.39 is 16.0 Å². The average molecular weight is 483 g/mol. The number of benzene rings is 3. The average Bonchev–Trinajstić information content (AvgIpc) is 3.29. The molecule has 0 saturated heterocycles. The number of carbonyl (C=O) groups is 1. The Morgan fingerprint density at radius 3 is 2.20 bits per heavy atom. The van der Waals surface area contributed by atoms with Crippen molar-refractivity contribution in [2.45, 2.75) is 11.8 Å². The van der Waals surface area contributed by atoms with Gasteiger partial charge in [0.25, 0.3) is 10.0 Å². The predicted octanol–water partition coefficient (Wildman–Crippen LogP) is 5.70. The van der Waals surface area contributed by atoms with Gasteiger partial charge in [-0.3, -0.25) is 0 Å². The third-order valence-electron chi connectivity index (χ3n) is 5.91. The highest BCUT2D eigenvalue weighted by Gasteiger charge is 2.23. The molecule has 2 aromatic heterocycles. The number of hydrogen-bond acceptors (Lipinski definition) is 5. The molecule has 5 aromatic rings. The van der Waals surface area contributed by atoms with E-state index in [1.54, 1.807) is 60.9 Å². The van der Waals surface area contributed by atoms with Gasteiger partial charge in [0.15, 0.2) is 5.65 Å². The highest BCUT2D eigenvalue weighted by Crippen LogP contribution is 2.34. The summed E-state index contributed by atoms with van der Waals surface area (Å²) in [5.74, 6) is -0.436. The minimum atomic E-state index is -3.89. The minimum absolute atomic E-state index is 0.182. The van der Waals surface area contributed by atoms with Gasteiger partial charge in [-0.15, -0.1) is 0 Å². The van der Waals surface area contributed by atoms with E-state index in [1.807, 2.05) is 43.3 Å². The molecule has 0 aliphatic carbocycles. The number of hydrogen-bond donors (Lipinski definition) is 0. The fraction of sp³-hybridized carbons (Fsp3) is 0.0714. The number of carbonyl (C=O) groups excluding carboxylic acids is 1. The van der Waals surface area contributed by atoms with Crippen LogP contribution in [-0.2, 0) is 14.8 Å². The van der Waals surface area contributed by atoms with Crippen molar-refractivity contribution in [1.82, 2.24) is 8.96 Å². The first kappa shape index (κ1) is 22.6. The maximum atomic E-state index is 13.6. The highest BCUT2D eigenvalue weighted by molar-refractivity contribution is 7.90. The van der Waals surface area contributed by atoms with Gasteiger partial charge in [-0.2, -0.15) is 0 Å². The lowest BCUT2D eigenvalue weighted by Gasteiger charge is -2.08. The van der Waals surface area contributed by atoms with Crippen molar-refractivity contribution in [2.24, 2.45) is 0 Å². The van der Waals surface area contributed by atoms with E-state index in [4.69, 9.17) is 4.74 Å². The van der Waals surface area contributed by atoms with Gasteiger partial charge >= 0.3 is 5.97 Å². The van der Waals surface area contributed by atoms with E-state index in [1.165, 1.54) is 11.1 Å². The van der Waals surface area contributed by atoms with Crippen LogP contribution in [0.15, 0.2) is 102 Å². The molecular formula is C28H22N2O4S. The van der Waals surface area contributed by atoms with Gasteiger partial charge in [-0.05, 0) is 48.4 Å². The summed E-state index contributed by atoms with van der Waals surface area (Å²) < 4.78 is 33.2. The number of aryl methyl sites for hydroxylation is 1. The van der Waals surface area contributed by atoms with Crippen LogP contribution in [0.4, 0.5) is 0 Å². The Hall–Kier alpha value is -4.23. The zero-order valence-corrected chi connectivity index (χ0v) is 20.0. The third-order valence-corrected chi connectivity index (χ3v) is 7.58. The highest BCUT2D eigenvalue weighted by atomic mass is 32.2. The van der Waals surface area contributed by atoms with Crippen LogP contribution in [0.2, 0.25) is 0 Å². The molecule has 0 fully saturated rings. The molecule has 0 aliphatic heterocycles. The summed E-state index contributed by atoms with van der Waals surface area (Å²) >= 11 is 0. The number of pyridine rings is 1. The second-order valence-corrected chi connectivity index (χ2v) is 10.0. The first-order chi connectivity index (χ1) is 16.9. The number of ether oxygens (including phenoxy) is 1. The molecule has 0 spiro atoms. The molecule has 0 radical (unpaired) electrons. The van der Waals surface area contributed by atoms with E-state index in [2.05, 4.69) is 4.98 Å². The Kier molecular flexibility index (Phi) is 5.70. The Morgan fingerprint density at radius 2 is 1.54 bits per heavy atom. The van der Waals surface area contributed by atoms with Crippen molar-refractivity contribution in [2.75, 3.05) is 7.11 Å². The SMILES string of the molecule is COC(=O)c1ccc(-c2cn(S(=O)(=O)c3ccc(C)cc3)c3ncc(-c4ccccc4)cc23)cc1. The lowest BCUT2D eigenvalue weighted by atomic mass is 10.0. The Labute approximate surface area is 203 Å². The van der Waals surface area contributed by atoms with Crippen LogP contribution in [0.5, 0.6) is 0 Å². The van der Waals surface area contributed by atoms with Crippen molar-refractivity contribution < 1.29 is 17.9 Å². The Balaban J connectivity index is 1.73. The van der Waals surface area contributed by atoms with Crippen molar-refractivity contribution in [3.63, 3.8) is 0 Å². The zero-order chi connectivity index (χ0) is 24.6. The largest absolute Gasteiger partial charge is 0.465 e. The minimum Gasteiger partial charge on any atom is -0.465 e. The fourth-order valence-corrected chi connectivity index (χ4v) is 5.33. The molecular weight excluding hydrogens is 460 g/mol. The second-order valence-electron chi connectivity index (χ2n) is 8.19. The molecule has 0 bridgehead atoms. The first-order valence-corrected chi connectivity index (χ1v) is 12.4. The van der Waals surface area contributed by atoms with Gasteiger partial charge in [0.1, 0.15) is 0 Å². The van der Waals surface area contributed by atoms with E-state index in [-0.39, 0.29) is 4.90 Å². The summed E-state index contributed by atoms with van der Waals surface area (Å²) in [6, 6.07) is 25.3. The van der Waals surface area contributed by atoms with Crippen molar-refractivity contribution >= 4 is 27.0 Å². The lowest BCUT2D eigenvalue weighted by molar-refractivity contribution is 0.0600. The summed E-state index contributed by atoms with van der Waals surface area (Å²) in [5, 5.41) is 0.688. The van der Waals surface area contributed by atoms with E-state index in [0.717, 1.165) is 22.3 Å². The zero-order valence-electron chi connectivity index (χ0n) is 19.2. The van der Waals surface area contributed by atoms with Gasteiger partial charge < -0.3 is 4.74 Å². The van der Waals surface area contributed by atoms with Crippen molar-refractivity contribution in [3.8, 4) is 22.3 Å². The first-order valence-electron chi connectivity index (χ1n) is 11.0. The van der Waals surface area contributed by atoms with Crippen LogP contribution in [0.1, 0.15) is 15.9 Å². The molecule has 2 heterocycles. The van der Waals surface area contributed by atoms with Gasteiger partial charge in [-0.25, -0.2) is 22.2 Å². The summed E-state index contributed by atoms with van der Waals surface area (Å²) in [6.45, 7) is 1.91. The molecule has 7 heteroatoms. The van der Waals surface area contributed by atoms with Gasteiger partial charge in [0.05, 0.1) is 17.6 Å². The van der Waals surface area contributed by atoms with Gasteiger partial charge in [0.2, 0.25) is 0 Å². The molecule has 6 nitrogen and oxygen atoms in total. The molecule has 0 aliphatic rings. The molecule has 0 atom stereocenters. The molecule has 35 heavy (non-hydrogen) atoms. The number of esters is 1. The smallest absolute Gasteiger partial charge is 0.337 e. The number of aromatic nitrogens is 2. The lowest BCUT2D eigenvalue weighted by Crippen LogP contribution is -2.12. The van der Waals surface area contributed by atoms with Crippen LogP contribution >= 0.6 is 0 Å². The molecule has 174 valence electrons.